The van der Waals surface area contributed by atoms with Crippen LogP contribution in [0.15, 0.2) is 18.2 Å². The van der Waals surface area contributed by atoms with Crippen molar-refractivity contribution in [2.24, 2.45) is 0 Å². The first kappa shape index (κ1) is 17.0. The zero-order chi connectivity index (χ0) is 16.3. The fourth-order valence-corrected chi connectivity index (χ4v) is 4.66. The first-order valence-electron chi connectivity index (χ1n) is 7.41. The minimum absolute atomic E-state index is 0.0489. The van der Waals surface area contributed by atoms with Crippen LogP contribution in [-0.2, 0) is 14.6 Å². The van der Waals surface area contributed by atoms with Crippen LogP contribution in [0.1, 0.15) is 27.9 Å². The first-order chi connectivity index (χ1) is 10.3. The van der Waals surface area contributed by atoms with E-state index < -0.39 is 9.84 Å². The van der Waals surface area contributed by atoms with E-state index in [1.54, 1.807) is 12.0 Å². The summed E-state index contributed by atoms with van der Waals surface area (Å²) >= 11 is 0. The average Bonchev–Trinajstić information content (AvgIpc) is 2.78. The van der Waals surface area contributed by atoms with E-state index in [1.165, 1.54) is 0 Å². The van der Waals surface area contributed by atoms with Crippen LogP contribution in [0.5, 0.6) is 0 Å². The molecule has 0 bridgehead atoms. The van der Waals surface area contributed by atoms with Crippen molar-refractivity contribution >= 4 is 15.7 Å². The molecular formula is C16H23NO4S. The highest BCUT2D eigenvalue weighted by Gasteiger charge is 2.34. The third-order valence-electron chi connectivity index (χ3n) is 3.91. The molecule has 1 fully saturated rings. The number of benzene rings is 1. The van der Waals surface area contributed by atoms with Gasteiger partial charge in [-0.3, -0.25) is 4.79 Å². The predicted octanol–water partition coefficient (Wildman–Crippen LogP) is 1.58. The Bertz CT molecular complexity index is 634. The first-order valence-corrected chi connectivity index (χ1v) is 9.23. The van der Waals surface area contributed by atoms with Crippen LogP contribution < -0.4 is 0 Å². The average molecular weight is 325 g/mol. The zero-order valence-electron chi connectivity index (χ0n) is 13.3. The molecule has 1 aliphatic rings. The van der Waals surface area contributed by atoms with Gasteiger partial charge in [0.25, 0.3) is 5.91 Å². The van der Waals surface area contributed by atoms with Gasteiger partial charge in [0.05, 0.1) is 18.1 Å². The molecule has 22 heavy (non-hydrogen) atoms. The Kier molecular flexibility index (Phi) is 5.24. The van der Waals surface area contributed by atoms with Gasteiger partial charge in [-0.25, -0.2) is 8.42 Å². The second kappa shape index (κ2) is 6.79. The summed E-state index contributed by atoms with van der Waals surface area (Å²) in [5.74, 6) is 0.0834. The van der Waals surface area contributed by atoms with Crippen molar-refractivity contribution in [3.05, 3.63) is 34.9 Å². The Morgan fingerprint density at radius 1 is 1.27 bits per heavy atom. The number of methoxy groups -OCH3 is 1. The fourth-order valence-electron chi connectivity index (χ4n) is 2.92. The maximum Gasteiger partial charge on any atom is 0.254 e. The third kappa shape index (κ3) is 4.08. The summed E-state index contributed by atoms with van der Waals surface area (Å²) in [5, 5.41) is 0. The molecule has 122 valence electrons. The second-order valence-corrected chi connectivity index (χ2v) is 8.15. The van der Waals surface area contributed by atoms with Crippen LogP contribution >= 0.6 is 0 Å². The fraction of sp³-hybridized carbons (Fsp3) is 0.562. The lowest BCUT2D eigenvalue weighted by molar-refractivity contribution is 0.0624. The molecule has 2 rings (SSSR count). The number of aryl methyl sites for hydroxylation is 2. The molecule has 1 saturated heterocycles. The Morgan fingerprint density at radius 2 is 1.91 bits per heavy atom. The van der Waals surface area contributed by atoms with Crippen molar-refractivity contribution in [1.82, 2.24) is 4.90 Å². The molecule has 5 nitrogen and oxygen atoms in total. The van der Waals surface area contributed by atoms with Crippen LogP contribution in [0.2, 0.25) is 0 Å². The van der Waals surface area contributed by atoms with Gasteiger partial charge in [-0.05, 0) is 32.4 Å². The SMILES string of the molecule is COCCN(C(=O)c1cc(C)cc(C)c1)[C@@H]1CCS(=O)(=O)C1. The molecular weight excluding hydrogens is 302 g/mol. The van der Waals surface area contributed by atoms with E-state index in [1.807, 2.05) is 32.0 Å². The number of ether oxygens (including phenoxy) is 1. The van der Waals surface area contributed by atoms with Crippen molar-refractivity contribution in [2.75, 3.05) is 31.8 Å². The van der Waals surface area contributed by atoms with Crippen LogP contribution in [-0.4, -0.2) is 57.0 Å². The summed E-state index contributed by atoms with van der Waals surface area (Å²) in [7, 11) is -1.46. The predicted molar refractivity (Wildman–Crippen MR) is 85.9 cm³/mol. The molecule has 1 heterocycles. The van der Waals surface area contributed by atoms with Gasteiger partial charge < -0.3 is 9.64 Å². The Morgan fingerprint density at radius 3 is 2.41 bits per heavy atom. The normalized spacial score (nSPS) is 20.0. The minimum Gasteiger partial charge on any atom is -0.383 e. The summed E-state index contributed by atoms with van der Waals surface area (Å²) in [4.78, 5) is 14.5. The molecule has 0 N–H and O–H groups in total. The number of nitrogens with zero attached hydrogens (tertiary/aromatic N) is 1. The summed E-state index contributed by atoms with van der Waals surface area (Å²) in [5.41, 5.74) is 2.65. The highest BCUT2D eigenvalue weighted by Crippen LogP contribution is 2.21. The summed E-state index contributed by atoms with van der Waals surface area (Å²) < 4.78 is 28.5. The Hall–Kier alpha value is -1.40. The van der Waals surface area contributed by atoms with Crippen molar-refractivity contribution in [2.45, 2.75) is 26.3 Å². The van der Waals surface area contributed by atoms with E-state index in [-0.39, 0.29) is 23.5 Å². The summed E-state index contributed by atoms with van der Waals surface area (Å²) in [6.45, 7) is 4.70. The maximum absolute atomic E-state index is 12.8. The monoisotopic (exact) mass is 325 g/mol. The van der Waals surface area contributed by atoms with Gasteiger partial charge in [0.2, 0.25) is 0 Å². The van der Waals surface area contributed by atoms with E-state index in [0.717, 1.165) is 11.1 Å². The van der Waals surface area contributed by atoms with Crippen molar-refractivity contribution in [3.8, 4) is 0 Å². The van der Waals surface area contributed by atoms with Gasteiger partial charge in [-0.1, -0.05) is 17.2 Å². The van der Waals surface area contributed by atoms with E-state index >= 15 is 0 Å². The third-order valence-corrected chi connectivity index (χ3v) is 5.67. The topological polar surface area (TPSA) is 63.7 Å². The number of sulfone groups is 1. The maximum atomic E-state index is 12.8. The lowest BCUT2D eigenvalue weighted by Gasteiger charge is -2.28. The van der Waals surface area contributed by atoms with Gasteiger partial charge in [0, 0.05) is 25.3 Å². The highest BCUT2D eigenvalue weighted by molar-refractivity contribution is 7.91. The van der Waals surface area contributed by atoms with Gasteiger partial charge in [-0.15, -0.1) is 0 Å². The van der Waals surface area contributed by atoms with Gasteiger partial charge in [0.1, 0.15) is 0 Å². The number of carbonyl (C=O) groups excluding carboxylic acids is 1. The number of hydrogen-bond donors (Lipinski definition) is 0. The number of carbonyl (C=O) groups is 1. The van der Waals surface area contributed by atoms with Crippen LogP contribution in [0.25, 0.3) is 0 Å². The molecule has 1 aromatic carbocycles. The molecule has 0 aliphatic carbocycles. The quantitative estimate of drug-likeness (QED) is 0.824. The molecule has 6 heteroatoms. The standard InChI is InChI=1S/C16H23NO4S/c1-12-8-13(2)10-14(9-12)16(18)17(5-6-21-3)15-4-7-22(19,20)11-15/h8-10,15H,4-7,11H2,1-3H3/t15-/m1/s1. The largest absolute Gasteiger partial charge is 0.383 e. The molecule has 0 radical (unpaired) electrons. The van der Waals surface area contributed by atoms with E-state index in [2.05, 4.69) is 0 Å². The molecule has 0 unspecified atom stereocenters. The van der Waals surface area contributed by atoms with Crippen molar-refractivity contribution in [1.29, 1.82) is 0 Å². The smallest absolute Gasteiger partial charge is 0.254 e. The zero-order valence-corrected chi connectivity index (χ0v) is 14.1. The summed E-state index contributed by atoms with van der Waals surface area (Å²) in [6, 6.07) is 5.45. The van der Waals surface area contributed by atoms with Crippen LogP contribution in [0.4, 0.5) is 0 Å². The number of amides is 1. The molecule has 1 amide bonds. The van der Waals surface area contributed by atoms with Gasteiger partial charge in [-0.2, -0.15) is 0 Å². The molecule has 1 aliphatic heterocycles. The van der Waals surface area contributed by atoms with Crippen molar-refractivity contribution < 1.29 is 17.9 Å². The Labute approximate surface area is 132 Å². The second-order valence-electron chi connectivity index (χ2n) is 5.92. The lowest BCUT2D eigenvalue weighted by atomic mass is 10.1. The van der Waals surface area contributed by atoms with Crippen LogP contribution in [0, 0.1) is 13.8 Å². The van der Waals surface area contributed by atoms with Gasteiger partial charge >= 0.3 is 0 Å². The van der Waals surface area contributed by atoms with E-state index in [4.69, 9.17) is 4.74 Å². The highest BCUT2D eigenvalue weighted by atomic mass is 32.2. The molecule has 0 aromatic heterocycles. The lowest BCUT2D eigenvalue weighted by Crippen LogP contribution is -2.43. The summed E-state index contributed by atoms with van der Waals surface area (Å²) in [6.07, 6.45) is 0.503. The van der Waals surface area contributed by atoms with E-state index in [9.17, 15) is 13.2 Å². The molecule has 1 aromatic rings. The van der Waals surface area contributed by atoms with Gasteiger partial charge in [0.15, 0.2) is 9.84 Å². The van der Waals surface area contributed by atoms with Crippen molar-refractivity contribution in [3.63, 3.8) is 0 Å². The molecule has 1 atom stereocenters. The molecule has 0 saturated carbocycles. The van der Waals surface area contributed by atoms with Crippen LogP contribution in [0.3, 0.4) is 0 Å². The Balaban J connectivity index is 2.26. The minimum atomic E-state index is -3.03. The number of rotatable bonds is 5. The van der Waals surface area contributed by atoms with E-state index in [0.29, 0.717) is 25.1 Å². The number of hydrogen-bond acceptors (Lipinski definition) is 4. The molecule has 0 spiro atoms.